The van der Waals surface area contributed by atoms with E-state index in [4.69, 9.17) is 0 Å². The Morgan fingerprint density at radius 3 is 2.25 bits per heavy atom. The molecule has 3 nitrogen and oxygen atoms in total. The van der Waals surface area contributed by atoms with Crippen LogP contribution in [0, 0.1) is 5.82 Å². The van der Waals surface area contributed by atoms with Gasteiger partial charge in [-0.1, -0.05) is 30.3 Å². The molecule has 3 aromatic rings. The minimum absolute atomic E-state index is 0.00124. The fourth-order valence-electron chi connectivity index (χ4n) is 2.97. The zero-order chi connectivity index (χ0) is 16.5. The Kier molecular flexibility index (Phi) is 3.58. The van der Waals surface area contributed by atoms with Gasteiger partial charge in [0.25, 0.3) is 5.91 Å². The molecule has 4 heteroatoms. The number of amides is 1. The summed E-state index contributed by atoms with van der Waals surface area (Å²) in [5, 5.41) is 0. The lowest BCUT2D eigenvalue weighted by Gasteiger charge is -2.15. The fraction of sp³-hybridized carbons (Fsp3) is 0.100. The van der Waals surface area contributed by atoms with Gasteiger partial charge in [-0.05, 0) is 47.0 Å². The quantitative estimate of drug-likeness (QED) is 0.714. The molecular weight excluding hydrogens is 303 g/mol. The van der Waals surface area contributed by atoms with Gasteiger partial charge < -0.3 is 4.90 Å². The number of hydrogen-bond acceptors (Lipinski definition) is 2. The number of nitrogens with zero attached hydrogens (tertiary/aromatic N) is 2. The summed E-state index contributed by atoms with van der Waals surface area (Å²) < 4.78 is 13.0. The van der Waals surface area contributed by atoms with Gasteiger partial charge >= 0.3 is 0 Å². The molecule has 1 aliphatic rings. The Morgan fingerprint density at radius 2 is 1.58 bits per heavy atom. The van der Waals surface area contributed by atoms with Gasteiger partial charge in [-0.3, -0.25) is 9.78 Å². The van der Waals surface area contributed by atoms with Crippen molar-refractivity contribution in [2.24, 2.45) is 0 Å². The van der Waals surface area contributed by atoms with E-state index in [2.05, 4.69) is 4.98 Å². The Hall–Kier alpha value is -3.01. The molecule has 2 aromatic carbocycles. The van der Waals surface area contributed by atoms with E-state index in [1.165, 1.54) is 12.1 Å². The van der Waals surface area contributed by atoms with Crippen LogP contribution in [0.2, 0.25) is 0 Å². The number of fused-ring (bicyclic) bond motifs is 1. The van der Waals surface area contributed by atoms with Gasteiger partial charge in [-0.25, -0.2) is 4.39 Å². The second-order valence-electron chi connectivity index (χ2n) is 5.85. The second-order valence-corrected chi connectivity index (χ2v) is 5.85. The molecule has 1 aromatic heterocycles. The van der Waals surface area contributed by atoms with Crippen LogP contribution in [-0.4, -0.2) is 15.8 Å². The summed E-state index contributed by atoms with van der Waals surface area (Å²) in [7, 11) is 0. The molecule has 2 heterocycles. The van der Waals surface area contributed by atoms with E-state index < -0.39 is 0 Å². The number of hydrogen-bond donors (Lipinski definition) is 0. The predicted molar refractivity (Wildman–Crippen MR) is 89.7 cm³/mol. The summed E-state index contributed by atoms with van der Waals surface area (Å²) in [6, 6.07) is 17.6. The number of rotatable bonds is 2. The van der Waals surface area contributed by atoms with Crippen LogP contribution < -0.4 is 0 Å². The third kappa shape index (κ3) is 2.67. The molecule has 4 rings (SSSR count). The van der Waals surface area contributed by atoms with Crippen LogP contribution in [0.25, 0.3) is 11.1 Å². The molecule has 0 N–H and O–H groups in total. The van der Waals surface area contributed by atoms with Crippen molar-refractivity contribution in [3.63, 3.8) is 0 Å². The molecule has 24 heavy (non-hydrogen) atoms. The van der Waals surface area contributed by atoms with Gasteiger partial charge in [-0.15, -0.1) is 0 Å². The highest BCUT2D eigenvalue weighted by atomic mass is 19.1. The molecule has 1 amide bonds. The lowest BCUT2D eigenvalue weighted by Crippen LogP contribution is -2.25. The first-order valence-corrected chi connectivity index (χ1v) is 7.79. The normalized spacial score (nSPS) is 13.0. The topological polar surface area (TPSA) is 33.2 Å². The average molecular weight is 318 g/mol. The van der Waals surface area contributed by atoms with E-state index in [-0.39, 0.29) is 11.7 Å². The van der Waals surface area contributed by atoms with Crippen molar-refractivity contribution in [3.05, 3.63) is 89.5 Å². The number of halogens is 1. The Bertz CT molecular complexity index is 863. The first kappa shape index (κ1) is 14.6. The first-order valence-electron chi connectivity index (χ1n) is 7.79. The van der Waals surface area contributed by atoms with Crippen molar-refractivity contribution >= 4 is 5.91 Å². The van der Waals surface area contributed by atoms with Crippen molar-refractivity contribution in [2.45, 2.75) is 13.1 Å². The van der Waals surface area contributed by atoms with Gasteiger partial charge in [-0.2, -0.15) is 0 Å². The summed E-state index contributed by atoms with van der Waals surface area (Å²) in [5.74, 6) is -0.258. The zero-order valence-corrected chi connectivity index (χ0v) is 12.9. The number of pyridine rings is 1. The highest BCUT2D eigenvalue weighted by Gasteiger charge is 2.24. The highest BCUT2D eigenvalue weighted by Crippen LogP contribution is 2.24. The molecule has 0 atom stereocenters. The lowest BCUT2D eigenvalue weighted by molar-refractivity contribution is 0.0750. The molecule has 0 saturated carbocycles. The van der Waals surface area contributed by atoms with Crippen LogP contribution >= 0.6 is 0 Å². The van der Waals surface area contributed by atoms with Crippen molar-refractivity contribution in [2.75, 3.05) is 0 Å². The minimum atomic E-state index is -0.257. The zero-order valence-electron chi connectivity index (χ0n) is 12.9. The Morgan fingerprint density at radius 1 is 0.917 bits per heavy atom. The van der Waals surface area contributed by atoms with Crippen LogP contribution in [0.1, 0.15) is 21.6 Å². The summed E-state index contributed by atoms with van der Waals surface area (Å²) in [5.41, 5.74) is 4.60. The van der Waals surface area contributed by atoms with E-state index in [0.717, 1.165) is 22.4 Å². The summed E-state index contributed by atoms with van der Waals surface area (Å²) in [6.45, 7) is 1.15. The van der Waals surface area contributed by atoms with Crippen LogP contribution in [0.4, 0.5) is 4.39 Å². The van der Waals surface area contributed by atoms with Crippen molar-refractivity contribution < 1.29 is 9.18 Å². The Balaban J connectivity index is 1.53. The standard InChI is InChI=1S/C20H15FN2O/c21-18-9-7-15(8-10-18)14-3-5-16(6-4-14)20(24)23-12-17-2-1-11-22-19(17)13-23/h1-11H,12-13H2. The number of benzene rings is 2. The predicted octanol–water partition coefficient (Wildman–Crippen LogP) is 4.04. The van der Waals surface area contributed by atoms with Gasteiger partial charge in [0, 0.05) is 18.3 Å². The van der Waals surface area contributed by atoms with Crippen LogP contribution in [-0.2, 0) is 13.1 Å². The second kappa shape index (κ2) is 5.89. The van der Waals surface area contributed by atoms with Gasteiger partial charge in [0.1, 0.15) is 5.82 Å². The highest BCUT2D eigenvalue weighted by molar-refractivity contribution is 5.95. The molecule has 0 unspecified atom stereocenters. The third-order valence-electron chi connectivity index (χ3n) is 4.28. The Labute approximate surface area is 139 Å². The van der Waals surface area contributed by atoms with Gasteiger partial charge in [0.05, 0.1) is 12.2 Å². The fourth-order valence-corrected chi connectivity index (χ4v) is 2.97. The molecule has 118 valence electrons. The summed E-state index contributed by atoms with van der Waals surface area (Å²) in [4.78, 5) is 18.8. The average Bonchev–Trinajstić information content (AvgIpc) is 3.06. The maximum absolute atomic E-state index is 13.0. The van der Waals surface area contributed by atoms with Crippen molar-refractivity contribution in [1.29, 1.82) is 0 Å². The number of aromatic nitrogens is 1. The van der Waals surface area contributed by atoms with Crippen LogP contribution in [0.3, 0.4) is 0 Å². The van der Waals surface area contributed by atoms with E-state index in [9.17, 15) is 9.18 Å². The monoisotopic (exact) mass is 318 g/mol. The maximum Gasteiger partial charge on any atom is 0.254 e. The van der Waals surface area contributed by atoms with E-state index in [0.29, 0.717) is 18.7 Å². The van der Waals surface area contributed by atoms with Gasteiger partial charge in [0.15, 0.2) is 0 Å². The molecule has 0 spiro atoms. The molecule has 0 fully saturated rings. The summed E-state index contributed by atoms with van der Waals surface area (Å²) >= 11 is 0. The number of carbonyl (C=O) groups is 1. The van der Waals surface area contributed by atoms with Crippen molar-refractivity contribution in [3.8, 4) is 11.1 Å². The molecule has 0 bridgehead atoms. The van der Waals surface area contributed by atoms with Crippen molar-refractivity contribution in [1.82, 2.24) is 9.88 Å². The SMILES string of the molecule is O=C(c1ccc(-c2ccc(F)cc2)cc1)N1Cc2cccnc2C1. The van der Waals surface area contributed by atoms with Crippen LogP contribution in [0.15, 0.2) is 66.9 Å². The van der Waals surface area contributed by atoms with E-state index in [1.54, 1.807) is 23.2 Å². The smallest absolute Gasteiger partial charge is 0.254 e. The maximum atomic E-state index is 13.0. The molecule has 0 aliphatic carbocycles. The molecule has 0 saturated heterocycles. The van der Waals surface area contributed by atoms with Gasteiger partial charge in [0.2, 0.25) is 0 Å². The molecular formula is C20H15FN2O. The van der Waals surface area contributed by atoms with E-state index in [1.807, 2.05) is 36.4 Å². The molecule has 1 aliphatic heterocycles. The third-order valence-corrected chi connectivity index (χ3v) is 4.28. The number of carbonyl (C=O) groups excluding carboxylic acids is 1. The lowest BCUT2D eigenvalue weighted by atomic mass is 10.0. The van der Waals surface area contributed by atoms with E-state index >= 15 is 0 Å². The largest absolute Gasteiger partial charge is 0.328 e. The summed E-state index contributed by atoms with van der Waals surface area (Å²) in [6.07, 6.45) is 1.75. The molecule has 0 radical (unpaired) electrons. The van der Waals surface area contributed by atoms with Crippen LogP contribution in [0.5, 0.6) is 0 Å². The minimum Gasteiger partial charge on any atom is -0.328 e. The first-order chi connectivity index (χ1) is 11.7.